The number of primary amides is 1. The van der Waals surface area contributed by atoms with Gasteiger partial charge in [0.1, 0.15) is 4.32 Å². The fraction of sp³-hybridized carbons (Fsp3) is 0.214. The van der Waals surface area contributed by atoms with Gasteiger partial charge in [-0.1, -0.05) is 24.0 Å². The smallest absolute Gasteiger partial charge is 0.263 e. The number of nitrogens with two attached hydrogens (primary N) is 1. The van der Waals surface area contributed by atoms with E-state index in [2.05, 4.69) is 27.9 Å². The van der Waals surface area contributed by atoms with Crippen molar-refractivity contribution in [3.8, 4) is 11.5 Å². The van der Waals surface area contributed by atoms with E-state index >= 15 is 0 Å². The number of benzene rings is 1. The molecule has 1 heterocycles. The summed E-state index contributed by atoms with van der Waals surface area (Å²) in [5, 5.41) is 2.56. The van der Waals surface area contributed by atoms with E-state index in [1.165, 1.54) is 11.8 Å². The third-order valence-corrected chi connectivity index (χ3v) is 4.59. The fourth-order valence-corrected chi connectivity index (χ4v) is 3.62. The van der Waals surface area contributed by atoms with E-state index in [1.807, 2.05) is 13.0 Å². The molecule has 0 unspecified atom stereocenters. The summed E-state index contributed by atoms with van der Waals surface area (Å²) in [5.74, 6) is 0.148. The Morgan fingerprint density at radius 2 is 2.22 bits per heavy atom. The van der Waals surface area contributed by atoms with Crippen molar-refractivity contribution in [2.75, 3.05) is 13.2 Å². The number of amides is 2. The molecular formula is C14H13IN2O4S2. The zero-order valence-electron chi connectivity index (χ0n) is 12.1. The highest BCUT2D eigenvalue weighted by Crippen LogP contribution is 2.36. The normalized spacial score (nSPS) is 15.7. The Balaban J connectivity index is 2.35. The van der Waals surface area contributed by atoms with Crippen molar-refractivity contribution in [1.82, 2.24) is 5.32 Å². The minimum Gasteiger partial charge on any atom is -0.490 e. The van der Waals surface area contributed by atoms with Crippen molar-refractivity contribution in [3.05, 3.63) is 26.2 Å². The highest BCUT2D eigenvalue weighted by Gasteiger charge is 2.22. The second kappa shape index (κ2) is 7.97. The molecule has 122 valence electrons. The van der Waals surface area contributed by atoms with Gasteiger partial charge >= 0.3 is 0 Å². The van der Waals surface area contributed by atoms with Crippen LogP contribution in [0.3, 0.4) is 0 Å². The molecule has 1 fully saturated rings. The Morgan fingerprint density at radius 1 is 1.48 bits per heavy atom. The number of carbonyl (C=O) groups is 2. The second-order valence-electron chi connectivity index (χ2n) is 4.37. The van der Waals surface area contributed by atoms with Crippen LogP contribution in [0.25, 0.3) is 6.08 Å². The zero-order valence-corrected chi connectivity index (χ0v) is 15.8. The van der Waals surface area contributed by atoms with Crippen LogP contribution < -0.4 is 20.5 Å². The molecule has 0 radical (unpaired) electrons. The molecule has 2 amide bonds. The summed E-state index contributed by atoms with van der Waals surface area (Å²) in [6.45, 7) is 2.04. The van der Waals surface area contributed by atoms with Gasteiger partial charge in [-0.2, -0.15) is 0 Å². The number of hydrogen-bond acceptors (Lipinski definition) is 6. The molecule has 0 aliphatic carbocycles. The summed E-state index contributed by atoms with van der Waals surface area (Å²) in [6.07, 6.45) is 1.72. The van der Waals surface area contributed by atoms with Crippen molar-refractivity contribution in [2.24, 2.45) is 5.73 Å². The minimum absolute atomic E-state index is 0.220. The molecule has 1 aromatic rings. The first-order valence-corrected chi connectivity index (χ1v) is 8.83. The van der Waals surface area contributed by atoms with Crippen molar-refractivity contribution >= 4 is 68.8 Å². The highest BCUT2D eigenvalue weighted by atomic mass is 127. The third-order valence-electron chi connectivity index (χ3n) is 2.63. The first-order chi connectivity index (χ1) is 10.9. The average Bonchev–Trinajstić information content (AvgIpc) is 2.76. The summed E-state index contributed by atoms with van der Waals surface area (Å²) in [5.41, 5.74) is 5.88. The van der Waals surface area contributed by atoms with Crippen molar-refractivity contribution < 1.29 is 19.1 Å². The lowest BCUT2D eigenvalue weighted by Gasteiger charge is -2.14. The standard InChI is InChI=1S/C14H13IN2O4S2/c1-2-20-9-4-7(5-10-13(19)17-14(22)23-10)3-8(15)12(9)21-6-11(16)18/h3-5H,2,6H2,1H3,(H2,16,18)(H,17,19,22)/b10-5-. The predicted octanol–water partition coefficient (Wildman–Crippen LogP) is 2.04. The lowest BCUT2D eigenvalue weighted by molar-refractivity contribution is -0.120. The number of hydrogen-bond donors (Lipinski definition) is 2. The second-order valence-corrected chi connectivity index (χ2v) is 7.25. The molecule has 0 saturated carbocycles. The molecule has 0 bridgehead atoms. The molecule has 2 rings (SSSR count). The monoisotopic (exact) mass is 464 g/mol. The van der Waals surface area contributed by atoms with Crippen molar-refractivity contribution in [2.45, 2.75) is 6.92 Å². The van der Waals surface area contributed by atoms with Gasteiger partial charge in [-0.3, -0.25) is 9.59 Å². The molecule has 6 nitrogen and oxygen atoms in total. The average molecular weight is 464 g/mol. The Hall–Kier alpha value is -1.33. The van der Waals surface area contributed by atoms with Gasteiger partial charge in [0.15, 0.2) is 18.1 Å². The maximum Gasteiger partial charge on any atom is 0.263 e. The highest BCUT2D eigenvalue weighted by molar-refractivity contribution is 14.1. The number of carbonyl (C=O) groups excluding carboxylic acids is 2. The van der Waals surface area contributed by atoms with Crippen LogP contribution in [-0.4, -0.2) is 29.3 Å². The minimum atomic E-state index is -0.568. The molecule has 3 N–H and O–H groups in total. The predicted molar refractivity (Wildman–Crippen MR) is 101 cm³/mol. The van der Waals surface area contributed by atoms with Crippen molar-refractivity contribution in [3.63, 3.8) is 0 Å². The topological polar surface area (TPSA) is 90.7 Å². The van der Waals surface area contributed by atoms with Crippen LogP contribution in [0.5, 0.6) is 11.5 Å². The summed E-state index contributed by atoms with van der Waals surface area (Å²) in [7, 11) is 0. The van der Waals surface area contributed by atoms with Gasteiger partial charge in [0.25, 0.3) is 11.8 Å². The molecule has 0 atom stereocenters. The summed E-state index contributed by atoms with van der Waals surface area (Å²) >= 11 is 8.25. The van der Waals surface area contributed by atoms with Gasteiger partial charge in [-0.15, -0.1) is 0 Å². The number of halogens is 1. The third kappa shape index (κ3) is 4.82. The zero-order chi connectivity index (χ0) is 17.0. The summed E-state index contributed by atoms with van der Waals surface area (Å²) < 4.78 is 12.1. The lowest BCUT2D eigenvalue weighted by atomic mass is 10.2. The Morgan fingerprint density at radius 3 is 2.78 bits per heavy atom. The Labute approximate surface area is 156 Å². The first kappa shape index (κ1) is 18.0. The molecule has 9 heteroatoms. The molecular weight excluding hydrogens is 451 g/mol. The molecule has 1 aliphatic rings. The van der Waals surface area contributed by atoms with Gasteiger partial charge in [0.2, 0.25) is 0 Å². The quantitative estimate of drug-likeness (QED) is 0.381. The maximum atomic E-state index is 11.7. The summed E-state index contributed by atoms with van der Waals surface area (Å²) in [4.78, 5) is 23.1. The fourth-order valence-electron chi connectivity index (χ4n) is 1.79. The summed E-state index contributed by atoms with van der Waals surface area (Å²) in [6, 6.07) is 3.56. The molecule has 1 aromatic carbocycles. The van der Waals surface area contributed by atoms with Gasteiger partial charge in [0, 0.05) is 0 Å². The van der Waals surface area contributed by atoms with E-state index in [0.717, 1.165) is 9.13 Å². The van der Waals surface area contributed by atoms with Gasteiger partial charge < -0.3 is 20.5 Å². The van der Waals surface area contributed by atoms with Crippen molar-refractivity contribution in [1.29, 1.82) is 0 Å². The number of thiocarbonyl (C=S) groups is 1. The van der Waals surface area contributed by atoms with E-state index in [4.69, 9.17) is 27.4 Å². The van der Waals surface area contributed by atoms with Crippen LogP contribution in [0.1, 0.15) is 12.5 Å². The Bertz CT molecular complexity index is 706. The molecule has 0 spiro atoms. The van der Waals surface area contributed by atoms with Gasteiger partial charge in [-0.05, 0) is 53.3 Å². The van der Waals surface area contributed by atoms with E-state index < -0.39 is 5.91 Å². The van der Waals surface area contributed by atoms with Crippen LogP contribution in [0.2, 0.25) is 0 Å². The lowest BCUT2D eigenvalue weighted by Crippen LogP contribution is -2.20. The molecule has 0 aromatic heterocycles. The Kier molecular flexibility index (Phi) is 6.25. The van der Waals surface area contributed by atoms with E-state index in [1.54, 1.807) is 12.1 Å². The van der Waals surface area contributed by atoms with Crippen LogP contribution in [0.15, 0.2) is 17.0 Å². The van der Waals surface area contributed by atoms with Crippen LogP contribution >= 0.6 is 46.6 Å². The number of nitrogens with one attached hydrogen (secondary N) is 1. The van der Waals surface area contributed by atoms with Crippen LogP contribution in [-0.2, 0) is 9.59 Å². The van der Waals surface area contributed by atoms with E-state index in [-0.39, 0.29) is 12.5 Å². The number of thioether (sulfide) groups is 1. The van der Waals surface area contributed by atoms with Gasteiger partial charge in [-0.25, -0.2) is 0 Å². The van der Waals surface area contributed by atoms with Crippen LogP contribution in [0, 0.1) is 3.57 Å². The molecule has 1 aliphatic heterocycles. The molecule has 1 saturated heterocycles. The van der Waals surface area contributed by atoms with Crippen LogP contribution in [0.4, 0.5) is 0 Å². The maximum absolute atomic E-state index is 11.7. The van der Waals surface area contributed by atoms with E-state index in [9.17, 15) is 9.59 Å². The SMILES string of the molecule is CCOc1cc(/C=C2\SC(=S)NC2=O)cc(I)c1OCC(N)=O. The number of ether oxygens (including phenoxy) is 2. The number of rotatable bonds is 6. The van der Waals surface area contributed by atoms with E-state index in [0.29, 0.717) is 27.3 Å². The largest absolute Gasteiger partial charge is 0.490 e. The van der Waals surface area contributed by atoms with Gasteiger partial charge in [0.05, 0.1) is 15.1 Å². The molecule has 23 heavy (non-hydrogen) atoms. The first-order valence-electron chi connectivity index (χ1n) is 6.53.